The van der Waals surface area contributed by atoms with Crippen LogP contribution < -0.4 is 9.46 Å². The van der Waals surface area contributed by atoms with E-state index < -0.39 is 15.8 Å². The van der Waals surface area contributed by atoms with Crippen molar-refractivity contribution in [2.24, 2.45) is 0 Å². The van der Waals surface area contributed by atoms with Gasteiger partial charge in [0.05, 0.1) is 12.0 Å². The number of halogens is 1. The third-order valence-electron chi connectivity index (χ3n) is 3.52. The Kier molecular flexibility index (Phi) is 5.38. The maximum atomic E-state index is 14.5. The molecular formula is C17H20FNO3S. The lowest BCUT2D eigenvalue weighted by Gasteiger charge is -2.13. The van der Waals surface area contributed by atoms with Gasteiger partial charge in [-0.2, -0.15) is 0 Å². The zero-order valence-electron chi connectivity index (χ0n) is 13.4. The summed E-state index contributed by atoms with van der Waals surface area (Å²) in [6, 6.07) is 9.34. The summed E-state index contributed by atoms with van der Waals surface area (Å²) < 4.78 is 46.4. The summed E-state index contributed by atoms with van der Waals surface area (Å²) >= 11 is 0. The number of hydrogen-bond donors (Lipinski definition) is 1. The molecule has 0 aliphatic rings. The highest BCUT2D eigenvalue weighted by Gasteiger charge is 2.18. The molecule has 0 unspecified atom stereocenters. The largest absolute Gasteiger partial charge is 0.496 e. The number of hydrogen-bond acceptors (Lipinski definition) is 3. The molecular weight excluding hydrogens is 317 g/mol. The second kappa shape index (κ2) is 7.10. The van der Waals surface area contributed by atoms with E-state index in [0.717, 1.165) is 11.6 Å². The molecule has 0 bridgehead atoms. The van der Waals surface area contributed by atoms with Gasteiger partial charge in [0.25, 0.3) is 0 Å². The Morgan fingerprint density at radius 2 is 1.96 bits per heavy atom. The molecule has 2 aromatic carbocycles. The summed E-state index contributed by atoms with van der Waals surface area (Å²) in [5.41, 5.74) is 1.79. The summed E-state index contributed by atoms with van der Waals surface area (Å²) in [6.45, 7) is 4.03. The molecule has 0 saturated heterocycles. The average molecular weight is 337 g/mol. The molecule has 0 aliphatic heterocycles. The zero-order chi connectivity index (χ0) is 17.0. The van der Waals surface area contributed by atoms with Gasteiger partial charge in [0.15, 0.2) is 0 Å². The van der Waals surface area contributed by atoms with Gasteiger partial charge >= 0.3 is 0 Å². The van der Waals surface area contributed by atoms with Gasteiger partial charge in [0, 0.05) is 17.7 Å². The lowest BCUT2D eigenvalue weighted by molar-refractivity contribution is 0.416. The minimum absolute atomic E-state index is 0.0836. The van der Waals surface area contributed by atoms with Gasteiger partial charge in [-0.3, -0.25) is 0 Å². The van der Waals surface area contributed by atoms with Crippen LogP contribution in [0.1, 0.15) is 18.9 Å². The Balaban J connectivity index is 2.50. The number of sulfonamides is 1. The summed E-state index contributed by atoms with van der Waals surface area (Å²) in [5.74, 6) is -0.0550. The zero-order valence-corrected chi connectivity index (χ0v) is 14.2. The fourth-order valence-electron chi connectivity index (χ4n) is 2.34. The first-order valence-electron chi connectivity index (χ1n) is 7.34. The number of rotatable bonds is 6. The van der Waals surface area contributed by atoms with Crippen LogP contribution in [0.5, 0.6) is 5.75 Å². The van der Waals surface area contributed by atoms with Gasteiger partial charge in [-0.1, -0.05) is 19.1 Å². The van der Waals surface area contributed by atoms with E-state index in [-0.39, 0.29) is 4.90 Å². The van der Waals surface area contributed by atoms with Crippen molar-refractivity contribution in [3.63, 3.8) is 0 Å². The molecule has 23 heavy (non-hydrogen) atoms. The first-order chi connectivity index (χ1) is 10.9. The van der Waals surface area contributed by atoms with Crippen molar-refractivity contribution in [2.45, 2.75) is 25.2 Å². The van der Waals surface area contributed by atoms with Crippen LogP contribution >= 0.6 is 0 Å². The molecule has 0 saturated carbocycles. The molecule has 2 aromatic rings. The van der Waals surface area contributed by atoms with Crippen molar-refractivity contribution in [1.82, 2.24) is 4.72 Å². The van der Waals surface area contributed by atoms with Crippen molar-refractivity contribution in [2.75, 3.05) is 13.7 Å². The van der Waals surface area contributed by atoms with Crippen LogP contribution in [0.2, 0.25) is 0 Å². The second-order valence-corrected chi connectivity index (χ2v) is 6.96. The van der Waals surface area contributed by atoms with Crippen LogP contribution in [0.4, 0.5) is 4.39 Å². The van der Waals surface area contributed by atoms with Crippen molar-refractivity contribution in [1.29, 1.82) is 0 Å². The van der Waals surface area contributed by atoms with Gasteiger partial charge < -0.3 is 4.74 Å². The Morgan fingerprint density at radius 1 is 1.22 bits per heavy atom. The quantitative estimate of drug-likeness (QED) is 0.878. The molecule has 0 amide bonds. The van der Waals surface area contributed by atoms with Crippen molar-refractivity contribution in [3.8, 4) is 16.9 Å². The Bertz CT molecular complexity index is 803. The molecule has 6 heteroatoms. The van der Waals surface area contributed by atoms with Crippen LogP contribution in [0, 0.1) is 12.7 Å². The van der Waals surface area contributed by atoms with Crippen LogP contribution in [0.25, 0.3) is 11.1 Å². The molecule has 0 fully saturated rings. The maximum absolute atomic E-state index is 14.5. The van der Waals surface area contributed by atoms with E-state index >= 15 is 0 Å². The third-order valence-corrected chi connectivity index (χ3v) is 4.98. The van der Waals surface area contributed by atoms with E-state index in [4.69, 9.17) is 4.74 Å². The van der Waals surface area contributed by atoms with E-state index in [0.29, 0.717) is 29.8 Å². The molecule has 0 aliphatic carbocycles. The molecule has 4 nitrogen and oxygen atoms in total. The van der Waals surface area contributed by atoms with Gasteiger partial charge in [-0.15, -0.1) is 0 Å². The van der Waals surface area contributed by atoms with Crippen LogP contribution in [-0.4, -0.2) is 22.1 Å². The molecule has 0 radical (unpaired) electrons. The van der Waals surface area contributed by atoms with Crippen molar-refractivity contribution >= 4 is 10.0 Å². The lowest BCUT2D eigenvalue weighted by atomic mass is 9.99. The highest BCUT2D eigenvalue weighted by molar-refractivity contribution is 7.89. The lowest BCUT2D eigenvalue weighted by Crippen LogP contribution is -2.24. The Labute approximate surface area is 136 Å². The topological polar surface area (TPSA) is 55.4 Å². The number of benzene rings is 2. The molecule has 0 aromatic heterocycles. The van der Waals surface area contributed by atoms with Gasteiger partial charge in [0.1, 0.15) is 11.6 Å². The predicted octanol–water partition coefficient (Wildman–Crippen LogP) is 3.50. The Morgan fingerprint density at radius 3 is 2.57 bits per heavy atom. The SMILES string of the molecule is CCCNS(=O)(=O)c1ccc(-c2c(C)cccc2OC)c(F)c1. The molecule has 0 atom stereocenters. The van der Waals surface area contributed by atoms with E-state index in [9.17, 15) is 12.8 Å². The molecule has 0 heterocycles. The second-order valence-electron chi connectivity index (χ2n) is 5.19. The van der Waals surface area contributed by atoms with Crippen molar-refractivity contribution in [3.05, 3.63) is 47.8 Å². The van der Waals surface area contributed by atoms with Crippen LogP contribution in [-0.2, 0) is 10.0 Å². The first-order valence-corrected chi connectivity index (χ1v) is 8.82. The van der Waals surface area contributed by atoms with Crippen LogP contribution in [0.3, 0.4) is 0 Å². The average Bonchev–Trinajstić information content (AvgIpc) is 2.53. The van der Waals surface area contributed by atoms with E-state index in [1.165, 1.54) is 19.2 Å². The summed E-state index contributed by atoms with van der Waals surface area (Å²) in [4.78, 5) is -0.0836. The highest BCUT2D eigenvalue weighted by Crippen LogP contribution is 2.35. The fraction of sp³-hybridized carbons (Fsp3) is 0.294. The smallest absolute Gasteiger partial charge is 0.240 e. The molecule has 1 N–H and O–H groups in total. The maximum Gasteiger partial charge on any atom is 0.240 e. The normalized spacial score (nSPS) is 11.5. The summed E-state index contributed by atoms with van der Waals surface area (Å²) in [5, 5.41) is 0. The standard InChI is InChI=1S/C17H20FNO3S/c1-4-10-19-23(20,21)13-8-9-14(15(18)11-13)17-12(2)6-5-7-16(17)22-3/h5-9,11,19H,4,10H2,1-3H3. The minimum atomic E-state index is -3.69. The number of methoxy groups -OCH3 is 1. The van der Waals surface area contributed by atoms with E-state index in [2.05, 4.69) is 4.72 Å². The minimum Gasteiger partial charge on any atom is -0.496 e. The first kappa shape index (κ1) is 17.4. The number of aryl methyl sites for hydroxylation is 1. The molecule has 2 rings (SSSR count). The molecule has 124 valence electrons. The third kappa shape index (κ3) is 3.71. The van der Waals surface area contributed by atoms with E-state index in [1.807, 2.05) is 26.0 Å². The predicted molar refractivity (Wildman–Crippen MR) is 88.6 cm³/mol. The van der Waals surface area contributed by atoms with Crippen molar-refractivity contribution < 1.29 is 17.5 Å². The summed E-state index contributed by atoms with van der Waals surface area (Å²) in [6.07, 6.45) is 0.667. The van der Waals surface area contributed by atoms with Gasteiger partial charge in [-0.25, -0.2) is 17.5 Å². The number of nitrogens with one attached hydrogen (secondary N) is 1. The monoisotopic (exact) mass is 337 g/mol. The fourth-order valence-corrected chi connectivity index (χ4v) is 3.49. The Hall–Kier alpha value is -1.92. The van der Waals surface area contributed by atoms with Crippen LogP contribution in [0.15, 0.2) is 41.3 Å². The number of ether oxygens (including phenoxy) is 1. The van der Waals surface area contributed by atoms with Gasteiger partial charge in [0.2, 0.25) is 10.0 Å². The summed E-state index contributed by atoms with van der Waals surface area (Å²) in [7, 11) is -2.17. The van der Waals surface area contributed by atoms with Gasteiger partial charge in [-0.05, 0) is 43.2 Å². The highest BCUT2D eigenvalue weighted by atomic mass is 32.2. The van der Waals surface area contributed by atoms with E-state index in [1.54, 1.807) is 6.07 Å². The molecule has 0 spiro atoms.